The molecule has 1 unspecified atom stereocenters. The van der Waals surface area contributed by atoms with E-state index in [9.17, 15) is 5.11 Å². The lowest BCUT2D eigenvalue weighted by atomic mass is 10.1. The molecule has 0 aliphatic carbocycles. The van der Waals surface area contributed by atoms with Gasteiger partial charge in [0, 0.05) is 17.6 Å². The number of aliphatic hydroxyl groups excluding tert-OH is 1. The molecule has 0 saturated carbocycles. The third kappa shape index (κ3) is 4.14. The molecule has 0 aliphatic rings. The number of β-amino-alcohol motifs (C(OH)–C–C–N with tert-alkyl or cyclic N) is 1. The fraction of sp³-hybridized carbons (Fsp3) is 0.389. The number of aliphatic hydroxyl groups is 1. The maximum Gasteiger partial charge on any atom is 0.120 e. The Morgan fingerprint density at radius 1 is 1.33 bits per heavy atom. The Labute approximate surface area is 145 Å². The van der Waals surface area contributed by atoms with Crippen molar-refractivity contribution in [2.75, 3.05) is 13.2 Å². The van der Waals surface area contributed by atoms with Crippen LogP contribution in [0.15, 0.2) is 35.7 Å². The van der Waals surface area contributed by atoms with Crippen LogP contribution in [0, 0.1) is 0 Å². The van der Waals surface area contributed by atoms with E-state index in [-0.39, 0.29) is 12.1 Å². The topological polar surface area (TPSA) is 70.2 Å². The zero-order chi connectivity index (χ0) is 17.2. The Bertz CT molecular complexity index is 804. The number of rotatable bonds is 6. The molecule has 0 spiro atoms. The summed E-state index contributed by atoms with van der Waals surface area (Å²) in [6.07, 6.45) is -0.553. The number of thiophene rings is 1. The van der Waals surface area contributed by atoms with Crippen molar-refractivity contribution in [2.45, 2.75) is 32.4 Å². The average Bonchev–Trinajstić information content (AvgIpc) is 3.13. The van der Waals surface area contributed by atoms with Crippen molar-refractivity contribution >= 4 is 21.6 Å². The second kappa shape index (κ2) is 6.93. The normalized spacial score (nSPS) is 13.3. The standard InChI is InChI=1S/C18H23N3O2S/c1-18(2,3)19-10-13(22)11-23-14-6-4-5-12(9-14)16-17-15(20-21-16)7-8-24-17/h4-9,13,19,22H,10-11H2,1-3H3,(H,20,21). The number of hydrogen-bond donors (Lipinski definition) is 3. The lowest BCUT2D eigenvalue weighted by Crippen LogP contribution is -2.42. The molecular formula is C18H23N3O2S. The van der Waals surface area contributed by atoms with E-state index in [4.69, 9.17) is 4.74 Å². The summed E-state index contributed by atoms with van der Waals surface area (Å²) in [6, 6.07) is 9.83. The van der Waals surface area contributed by atoms with Gasteiger partial charge < -0.3 is 15.2 Å². The Balaban J connectivity index is 1.65. The largest absolute Gasteiger partial charge is 0.491 e. The third-order valence-corrected chi connectivity index (χ3v) is 4.51. The average molecular weight is 345 g/mol. The molecule has 1 atom stereocenters. The van der Waals surface area contributed by atoms with Gasteiger partial charge in [0.05, 0.1) is 10.2 Å². The van der Waals surface area contributed by atoms with E-state index in [2.05, 4.69) is 36.3 Å². The lowest BCUT2D eigenvalue weighted by Gasteiger charge is -2.23. The quantitative estimate of drug-likeness (QED) is 0.640. The Morgan fingerprint density at radius 3 is 2.96 bits per heavy atom. The molecule has 3 rings (SSSR count). The molecule has 24 heavy (non-hydrogen) atoms. The van der Waals surface area contributed by atoms with Gasteiger partial charge >= 0.3 is 0 Å². The summed E-state index contributed by atoms with van der Waals surface area (Å²) in [7, 11) is 0. The summed E-state index contributed by atoms with van der Waals surface area (Å²) in [6.45, 7) is 6.96. The van der Waals surface area contributed by atoms with Crippen LogP contribution in [0.3, 0.4) is 0 Å². The molecule has 3 aromatic rings. The number of H-pyrrole nitrogens is 1. The van der Waals surface area contributed by atoms with E-state index in [1.165, 1.54) is 0 Å². The van der Waals surface area contributed by atoms with Crippen LogP contribution in [0.2, 0.25) is 0 Å². The molecule has 0 fully saturated rings. The first kappa shape index (κ1) is 17.0. The fourth-order valence-electron chi connectivity index (χ4n) is 2.35. The number of aromatic amines is 1. The van der Waals surface area contributed by atoms with E-state index in [0.717, 1.165) is 27.2 Å². The van der Waals surface area contributed by atoms with Gasteiger partial charge in [-0.05, 0) is 44.4 Å². The molecule has 2 aromatic heterocycles. The minimum absolute atomic E-state index is 0.0209. The Morgan fingerprint density at radius 2 is 2.17 bits per heavy atom. The van der Waals surface area contributed by atoms with Crippen LogP contribution in [0.5, 0.6) is 5.75 Å². The predicted octanol–water partition coefficient (Wildman–Crippen LogP) is 3.42. The number of aromatic nitrogens is 2. The van der Waals surface area contributed by atoms with Crippen molar-refractivity contribution in [3.63, 3.8) is 0 Å². The molecule has 0 radical (unpaired) electrons. The summed E-state index contributed by atoms with van der Waals surface area (Å²) >= 11 is 1.67. The van der Waals surface area contributed by atoms with Gasteiger partial charge in [-0.25, -0.2) is 0 Å². The molecule has 0 saturated heterocycles. The zero-order valence-corrected chi connectivity index (χ0v) is 15.0. The smallest absolute Gasteiger partial charge is 0.120 e. The maximum atomic E-state index is 10.0. The summed E-state index contributed by atoms with van der Waals surface area (Å²) in [5, 5.41) is 22.8. The summed E-state index contributed by atoms with van der Waals surface area (Å²) in [5.74, 6) is 0.731. The number of ether oxygens (including phenoxy) is 1. The summed E-state index contributed by atoms with van der Waals surface area (Å²) in [4.78, 5) is 0. The second-order valence-electron chi connectivity index (χ2n) is 6.86. The SMILES string of the molecule is CC(C)(C)NCC(O)COc1cccc(-c2n[nH]c3ccsc23)c1. The first-order valence-electron chi connectivity index (χ1n) is 8.00. The van der Waals surface area contributed by atoms with Crippen LogP contribution >= 0.6 is 11.3 Å². The van der Waals surface area contributed by atoms with Crippen molar-refractivity contribution in [3.8, 4) is 17.0 Å². The van der Waals surface area contributed by atoms with Gasteiger partial charge in [-0.1, -0.05) is 12.1 Å². The minimum atomic E-state index is -0.553. The number of benzene rings is 1. The fourth-order valence-corrected chi connectivity index (χ4v) is 3.21. The van der Waals surface area contributed by atoms with E-state index in [1.807, 2.05) is 35.7 Å². The highest BCUT2D eigenvalue weighted by molar-refractivity contribution is 7.17. The van der Waals surface area contributed by atoms with Crippen molar-refractivity contribution in [2.24, 2.45) is 0 Å². The van der Waals surface area contributed by atoms with Gasteiger partial charge in [-0.2, -0.15) is 5.10 Å². The molecule has 6 heteroatoms. The lowest BCUT2D eigenvalue weighted by molar-refractivity contribution is 0.100. The van der Waals surface area contributed by atoms with Crippen LogP contribution in [0.1, 0.15) is 20.8 Å². The third-order valence-electron chi connectivity index (χ3n) is 3.59. The van der Waals surface area contributed by atoms with Gasteiger partial charge in [0.1, 0.15) is 24.2 Å². The van der Waals surface area contributed by atoms with E-state index in [1.54, 1.807) is 11.3 Å². The molecule has 0 amide bonds. The van der Waals surface area contributed by atoms with Crippen LogP contribution < -0.4 is 10.1 Å². The number of hydrogen-bond acceptors (Lipinski definition) is 5. The van der Waals surface area contributed by atoms with Crippen LogP contribution in [-0.4, -0.2) is 40.1 Å². The maximum absolute atomic E-state index is 10.0. The van der Waals surface area contributed by atoms with E-state index < -0.39 is 6.10 Å². The van der Waals surface area contributed by atoms with E-state index >= 15 is 0 Å². The number of nitrogens with one attached hydrogen (secondary N) is 2. The highest BCUT2D eigenvalue weighted by Gasteiger charge is 2.13. The first-order chi connectivity index (χ1) is 11.4. The number of fused-ring (bicyclic) bond motifs is 1. The van der Waals surface area contributed by atoms with Crippen LogP contribution in [0.25, 0.3) is 21.5 Å². The van der Waals surface area contributed by atoms with Gasteiger partial charge in [0.25, 0.3) is 0 Å². The highest BCUT2D eigenvalue weighted by atomic mass is 32.1. The van der Waals surface area contributed by atoms with Gasteiger partial charge in [0.15, 0.2) is 0 Å². The second-order valence-corrected chi connectivity index (χ2v) is 7.78. The molecule has 5 nitrogen and oxygen atoms in total. The molecule has 0 bridgehead atoms. The molecule has 3 N–H and O–H groups in total. The van der Waals surface area contributed by atoms with Crippen molar-refractivity contribution in [1.82, 2.24) is 15.5 Å². The van der Waals surface area contributed by atoms with Crippen LogP contribution in [0.4, 0.5) is 0 Å². The Hall–Kier alpha value is -1.89. The monoisotopic (exact) mass is 345 g/mol. The first-order valence-corrected chi connectivity index (χ1v) is 8.88. The van der Waals surface area contributed by atoms with Crippen molar-refractivity contribution in [3.05, 3.63) is 35.7 Å². The molecule has 128 valence electrons. The molecule has 0 aliphatic heterocycles. The van der Waals surface area contributed by atoms with Gasteiger partial charge in [-0.3, -0.25) is 5.10 Å². The Kier molecular flexibility index (Phi) is 4.89. The molecule has 2 heterocycles. The van der Waals surface area contributed by atoms with Gasteiger partial charge in [0.2, 0.25) is 0 Å². The van der Waals surface area contributed by atoms with Crippen molar-refractivity contribution in [1.29, 1.82) is 0 Å². The molecule has 1 aromatic carbocycles. The summed E-state index contributed by atoms with van der Waals surface area (Å²) < 4.78 is 6.88. The van der Waals surface area contributed by atoms with Crippen LogP contribution in [-0.2, 0) is 0 Å². The minimum Gasteiger partial charge on any atom is -0.491 e. The zero-order valence-electron chi connectivity index (χ0n) is 14.2. The molecular weight excluding hydrogens is 322 g/mol. The van der Waals surface area contributed by atoms with Gasteiger partial charge in [-0.15, -0.1) is 11.3 Å². The van der Waals surface area contributed by atoms with E-state index in [0.29, 0.717) is 6.54 Å². The summed E-state index contributed by atoms with van der Waals surface area (Å²) in [5.41, 5.74) is 2.96. The number of nitrogens with zero attached hydrogens (tertiary/aromatic N) is 1. The predicted molar refractivity (Wildman–Crippen MR) is 98.7 cm³/mol. The highest BCUT2D eigenvalue weighted by Crippen LogP contribution is 2.31. The van der Waals surface area contributed by atoms with Crippen molar-refractivity contribution < 1.29 is 9.84 Å².